The highest BCUT2D eigenvalue weighted by atomic mass is 19.3. The van der Waals surface area contributed by atoms with Crippen LogP contribution in [-0.4, -0.2) is 7.11 Å². The Balaban J connectivity index is 3.53. The van der Waals surface area contributed by atoms with Crippen molar-refractivity contribution >= 4 is 0 Å². The number of ether oxygens (including phenoxy) is 1. The molecule has 0 atom stereocenters. The zero-order chi connectivity index (χ0) is 13.2. The van der Waals surface area contributed by atoms with E-state index in [0.717, 1.165) is 5.56 Å². The molecule has 92 valence electrons. The van der Waals surface area contributed by atoms with Crippen LogP contribution >= 0.6 is 0 Å². The summed E-state index contributed by atoms with van der Waals surface area (Å²) in [5, 5.41) is 8.47. The van der Waals surface area contributed by atoms with Gasteiger partial charge < -0.3 is 4.74 Å². The van der Waals surface area contributed by atoms with Gasteiger partial charge in [0.25, 0.3) is 5.92 Å². The summed E-state index contributed by atoms with van der Waals surface area (Å²) < 4.78 is 32.8. The highest BCUT2D eigenvalue weighted by molar-refractivity contribution is 5.51. The van der Waals surface area contributed by atoms with E-state index >= 15 is 0 Å². The Morgan fingerprint density at radius 3 is 2.35 bits per heavy atom. The average Bonchev–Trinajstić information content (AvgIpc) is 2.22. The number of rotatable bonds is 3. The van der Waals surface area contributed by atoms with Gasteiger partial charge in [0.1, 0.15) is 12.2 Å². The third kappa shape index (κ3) is 2.38. The fourth-order valence-electron chi connectivity index (χ4n) is 1.95. The van der Waals surface area contributed by atoms with Gasteiger partial charge in [0, 0.05) is 0 Å². The van der Waals surface area contributed by atoms with Crippen molar-refractivity contribution in [2.45, 2.75) is 33.1 Å². The molecule has 0 aliphatic rings. The predicted octanol–water partition coefficient (Wildman–Crippen LogP) is 3.63. The van der Waals surface area contributed by atoms with Crippen molar-refractivity contribution in [3.05, 3.63) is 28.3 Å². The minimum Gasteiger partial charge on any atom is -0.496 e. The largest absolute Gasteiger partial charge is 0.496 e. The quantitative estimate of drug-likeness (QED) is 0.807. The molecule has 0 aromatic heterocycles. The van der Waals surface area contributed by atoms with E-state index in [2.05, 4.69) is 0 Å². The molecule has 0 saturated carbocycles. The molecule has 0 spiro atoms. The van der Waals surface area contributed by atoms with Gasteiger partial charge in [-0.15, -0.1) is 0 Å². The van der Waals surface area contributed by atoms with Crippen LogP contribution in [0.25, 0.3) is 0 Å². The van der Waals surface area contributed by atoms with E-state index in [0.29, 0.717) is 11.1 Å². The van der Waals surface area contributed by atoms with Crippen LogP contribution in [0, 0.1) is 32.1 Å². The molecule has 0 fully saturated rings. The van der Waals surface area contributed by atoms with Gasteiger partial charge in [-0.1, -0.05) is 6.07 Å². The van der Waals surface area contributed by atoms with Crippen LogP contribution in [0.15, 0.2) is 6.07 Å². The molecule has 0 heterocycles. The molecule has 0 N–H and O–H groups in total. The summed E-state index contributed by atoms with van der Waals surface area (Å²) in [6.07, 6.45) is -0.841. The van der Waals surface area contributed by atoms with Crippen LogP contribution in [0.2, 0.25) is 0 Å². The van der Waals surface area contributed by atoms with E-state index < -0.39 is 12.3 Å². The van der Waals surface area contributed by atoms with Gasteiger partial charge in [0.2, 0.25) is 0 Å². The van der Waals surface area contributed by atoms with Gasteiger partial charge in [-0.2, -0.15) is 5.26 Å². The molecule has 0 bridgehead atoms. The molecule has 0 unspecified atom stereocenters. The van der Waals surface area contributed by atoms with E-state index in [4.69, 9.17) is 10.00 Å². The lowest BCUT2D eigenvalue weighted by Gasteiger charge is -2.22. The molecule has 0 radical (unpaired) electrons. The van der Waals surface area contributed by atoms with Crippen LogP contribution in [0.1, 0.15) is 28.7 Å². The first kappa shape index (κ1) is 13.4. The maximum absolute atomic E-state index is 13.9. The summed E-state index contributed by atoms with van der Waals surface area (Å²) in [7, 11) is 1.37. The molecular weight excluding hydrogens is 224 g/mol. The average molecular weight is 239 g/mol. The molecule has 17 heavy (non-hydrogen) atoms. The Hall–Kier alpha value is -1.63. The van der Waals surface area contributed by atoms with Crippen molar-refractivity contribution in [1.29, 1.82) is 5.26 Å². The third-order valence-corrected chi connectivity index (χ3v) is 2.86. The summed E-state index contributed by atoms with van der Waals surface area (Å²) in [5.41, 5.74) is 1.86. The first-order valence-corrected chi connectivity index (χ1v) is 5.25. The number of hydrogen-bond acceptors (Lipinski definition) is 2. The van der Waals surface area contributed by atoms with Crippen molar-refractivity contribution in [3.63, 3.8) is 0 Å². The Kier molecular flexibility index (Phi) is 3.72. The number of alkyl halides is 2. The standard InChI is InChI=1S/C13H15F2NO/c1-8-7-9(2)11(12(17-4)10(8)3)13(14,15)5-6-16/h7H,5H2,1-4H3. The van der Waals surface area contributed by atoms with E-state index in [1.54, 1.807) is 19.9 Å². The van der Waals surface area contributed by atoms with E-state index in [1.165, 1.54) is 13.2 Å². The second-order valence-corrected chi connectivity index (χ2v) is 4.08. The monoisotopic (exact) mass is 239 g/mol. The third-order valence-electron chi connectivity index (χ3n) is 2.86. The number of benzene rings is 1. The van der Waals surface area contributed by atoms with Gasteiger partial charge in [-0.05, 0) is 37.5 Å². The molecule has 1 aromatic carbocycles. The summed E-state index contributed by atoms with van der Waals surface area (Å²) in [6.45, 7) is 5.19. The zero-order valence-electron chi connectivity index (χ0n) is 10.4. The van der Waals surface area contributed by atoms with Gasteiger partial charge in [-0.3, -0.25) is 0 Å². The first-order valence-electron chi connectivity index (χ1n) is 5.25. The maximum atomic E-state index is 13.9. The molecule has 0 amide bonds. The summed E-state index contributed by atoms with van der Waals surface area (Å²) in [6, 6.07) is 3.21. The minimum absolute atomic E-state index is 0.176. The van der Waals surface area contributed by atoms with Crippen molar-refractivity contribution in [2.24, 2.45) is 0 Å². The SMILES string of the molecule is COc1c(C)c(C)cc(C)c1C(F)(F)CC#N. The second kappa shape index (κ2) is 4.70. The molecule has 4 heteroatoms. The number of nitriles is 1. The zero-order valence-corrected chi connectivity index (χ0v) is 10.4. The molecule has 0 aliphatic carbocycles. The van der Waals surface area contributed by atoms with Gasteiger partial charge in [-0.25, -0.2) is 8.78 Å². The van der Waals surface area contributed by atoms with Crippen molar-refractivity contribution in [2.75, 3.05) is 7.11 Å². The minimum atomic E-state index is -3.18. The van der Waals surface area contributed by atoms with Gasteiger partial charge in [0.15, 0.2) is 0 Å². The number of hydrogen-bond donors (Lipinski definition) is 0. The van der Waals surface area contributed by atoms with E-state index in [9.17, 15) is 8.78 Å². The van der Waals surface area contributed by atoms with Crippen LogP contribution < -0.4 is 4.74 Å². The van der Waals surface area contributed by atoms with Crippen LogP contribution in [0.3, 0.4) is 0 Å². The molecule has 0 aliphatic heterocycles. The summed E-state index contributed by atoms with van der Waals surface area (Å²) in [4.78, 5) is 0. The van der Waals surface area contributed by atoms with E-state index in [1.807, 2.05) is 6.92 Å². The normalized spacial score (nSPS) is 11.1. The second-order valence-electron chi connectivity index (χ2n) is 4.08. The molecule has 2 nitrogen and oxygen atoms in total. The summed E-state index contributed by atoms with van der Waals surface area (Å²) >= 11 is 0. The van der Waals surface area contributed by atoms with Crippen LogP contribution in [-0.2, 0) is 5.92 Å². The highest BCUT2D eigenvalue weighted by Crippen LogP contribution is 2.42. The van der Waals surface area contributed by atoms with Crippen molar-refractivity contribution in [1.82, 2.24) is 0 Å². The topological polar surface area (TPSA) is 33.0 Å². The smallest absolute Gasteiger partial charge is 0.289 e. The van der Waals surface area contributed by atoms with Crippen LogP contribution in [0.5, 0.6) is 5.75 Å². The Labute approximate surface area is 99.8 Å². The molecule has 0 saturated heterocycles. The van der Waals surface area contributed by atoms with E-state index in [-0.39, 0.29) is 11.3 Å². The molecular formula is C13H15F2NO. The number of halogens is 2. The highest BCUT2D eigenvalue weighted by Gasteiger charge is 2.37. The molecule has 1 rings (SSSR count). The number of nitrogens with zero attached hydrogens (tertiary/aromatic N) is 1. The number of aryl methyl sites for hydroxylation is 2. The Morgan fingerprint density at radius 1 is 1.29 bits per heavy atom. The molecule has 1 aromatic rings. The van der Waals surface area contributed by atoms with Gasteiger partial charge >= 0.3 is 0 Å². The van der Waals surface area contributed by atoms with Crippen LogP contribution in [0.4, 0.5) is 8.78 Å². The summed E-state index contributed by atoms with van der Waals surface area (Å²) in [5.74, 6) is -2.99. The lowest BCUT2D eigenvalue weighted by molar-refractivity contribution is -0.00201. The predicted molar refractivity (Wildman–Crippen MR) is 61.3 cm³/mol. The fourth-order valence-corrected chi connectivity index (χ4v) is 1.95. The Morgan fingerprint density at radius 2 is 1.88 bits per heavy atom. The maximum Gasteiger partial charge on any atom is 0.289 e. The van der Waals surface area contributed by atoms with Crippen molar-refractivity contribution < 1.29 is 13.5 Å². The number of methoxy groups -OCH3 is 1. The first-order chi connectivity index (χ1) is 7.85. The Bertz CT molecular complexity index is 475. The fraction of sp³-hybridized carbons (Fsp3) is 0.462. The van der Waals surface area contributed by atoms with Crippen molar-refractivity contribution in [3.8, 4) is 11.8 Å². The van der Waals surface area contributed by atoms with Gasteiger partial charge in [0.05, 0.1) is 18.7 Å². The lowest BCUT2D eigenvalue weighted by atomic mass is 9.93. The lowest BCUT2D eigenvalue weighted by Crippen LogP contribution is -2.17.